The van der Waals surface area contributed by atoms with E-state index in [1.807, 2.05) is 41.1 Å². The molecular weight excluding hydrogens is 254 g/mol. The molecule has 3 rings (SSSR count). The predicted molar refractivity (Wildman–Crippen MR) is 72.1 cm³/mol. The van der Waals surface area contributed by atoms with Crippen LogP contribution in [0.3, 0.4) is 0 Å². The number of anilines is 2. The van der Waals surface area contributed by atoms with E-state index in [2.05, 4.69) is 15.3 Å². The van der Waals surface area contributed by atoms with Gasteiger partial charge in [-0.25, -0.2) is 4.98 Å². The molecule has 2 aromatic heterocycles. The van der Waals surface area contributed by atoms with Gasteiger partial charge in [0.15, 0.2) is 0 Å². The third-order valence-corrected chi connectivity index (χ3v) is 3.25. The van der Waals surface area contributed by atoms with E-state index in [0.717, 1.165) is 22.4 Å². The van der Waals surface area contributed by atoms with Crippen molar-refractivity contribution in [3.05, 3.63) is 46.4 Å². The van der Waals surface area contributed by atoms with Crippen molar-refractivity contribution in [1.82, 2.24) is 9.97 Å². The zero-order valence-electron chi connectivity index (χ0n) is 8.72. The Balaban J connectivity index is 2.08. The molecule has 5 heteroatoms. The zero-order chi connectivity index (χ0) is 11.7. The highest BCUT2D eigenvalue weighted by Crippen LogP contribution is 2.27. The smallest absolute Gasteiger partial charge is 0.224 e. The highest BCUT2D eigenvalue weighted by molar-refractivity contribution is 7.09. The van der Waals surface area contributed by atoms with E-state index in [9.17, 15) is 0 Å². The topological polar surface area (TPSA) is 37.8 Å². The normalized spacial score (nSPS) is 10.6. The minimum absolute atomic E-state index is 0.259. The van der Waals surface area contributed by atoms with E-state index in [0.29, 0.717) is 0 Å². The lowest BCUT2D eigenvalue weighted by molar-refractivity contribution is 1.22. The summed E-state index contributed by atoms with van der Waals surface area (Å²) in [5.41, 5.74) is 1.85. The summed E-state index contributed by atoms with van der Waals surface area (Å²) < 4.78 is 0. The number of hydrogen-bond acceptors (Lipinski definition) is 4. The molecule has 1 N–H and O–H groups in total. The van der Waals surface area contributed by atoms with Crippen LogP contribution in [-0.2, 0) is 0 Å². The van der Waals surface area contributed by atoms with E-state index >= 15 is 0 Å². The number of benzene rings is 1. The Bertz CT molecular complexity index is 651. The fraction of sp³-hybridized carbons (Fsp3) is 0. The second-order valence-corrected chi connectivity index (χ2v) is 4.58. The van der Waals surface area contributed by atoms with Crippen LogP contribution in [0.25, 0.3) is 10.9 Å². The van der Waals surface area contributed by atoms with Gasteiger partial charge >= 0.3 is 0 Å². The van der Waals surface area contributed by atoms with E-state index in [-0.39, 0.29) is 5.28 Å². The first kappa shape index (κ1) is 10.5. The van der Waals surface area contributed by atoms with Crippen molar-refractivity contribution < 1.29 is 0 Å². The van der Waals surface area contributed by atoms with Crippen LogP contribution in [0.2, 0.25) is 5.28 Å². The Morgan fingerprint density at radius 2 is 1.88 bits per heavy atom. The predicted octanol–water partition coefficient (Wildman–Crippen LogP) is 4.09. The van der Waals surface area contributed by atoms with Gasteiger partial charge in [-0.1, -0.05) is 18.2 Å². The largest absolute Gasteiger partial charge is 0.340 e. The van der Waals surface area contributed by atoms with E-state index in [1.54, 1.807) is 11.3 Å². The molecular formula is C12H8ClN3S. The standard InChI is InChI=1S/C12H8ClN3S/c13-12-15-10-7-17-6-9(10)11(16-12)14-8-4-2-1-3-5-8/h1-7H,(H,14,15,16). The highest BCUT2D eigenvalue weighted by Gasteiger charge is 2.07. The van der Waals surface area contributed by atoms with Crippen molar-refractivity contribution in [1.29, 1.82) is 0 Å². The number of aromatic nitrogens is 2. The first-order chi connectivity index (χ1) is 8.33. The number of hydrogen-bond donors (Lipinski definition) is 1. The number of nitrogens with one attached hydrogen (secondary N) is 1. The summed E-state index contributed by atoms with van der Waals surface area (Å²) in [4.78, 5) is 8.38. The molecule has 0 atom stereocenters. The molecule has 0 fully saturated rings. The van der Waals surface area contributed by atoms with Crippen LogP contribution < -0.4 is 5.32 Å². The van der Waals surface area contributed by atoms with Gasteiger partial charge < -0.3 is 5.32 Å². The highest BCUT2D eigenvalue weighted by atomic mass is 35.5. The van der Waals surface area contributed by atoms with Crippen LogP contribution in [0.4, 0.5) is 11.5 Å². The van der Waals surface area contributed by atoms with Crippen LogP contribution in [0.1, 0.15) is 0 Å². The summed E-state index contributed by atoms with van der Waals surface area (Å²) in [6.45, 7) is 0. The molecule has 3 aromatic rings. The molecule has 1 aromatic carbocycles. The SMILES string of the molecule is Clc1nc(Nc2ccccc2)c2cscc2n1. The van der Waals surface area contributed by atoms with E-state index in [4.69, 9.17) is 11.6 Å². The molecule has 84 valence electrons. The molecule has 0 saturated heterocycles. The van der Waals surface area contributed by atoms with Crippen molar-refractivity contribution in [3.63, 3.8) is 0 Å². The summed E-state index contributed by atoms with van der Waals surface area (Å²) in [5, 5.41) is 8.46. The van der Waals surface area contributed by atoms with Crippen molar-refractivity contribution in [2.75, 3.05) is 5.32 Å². The molecule has 0 aliphatic rings. The van der Waals surface area contributed by atoms with E-state index < -0.39 is 0 Å². The second kappa shape index (κ2) is 4.31. The Morgan fingerprint density at radius 1 is 1.06 bits per heavy atom. The molecule has 3 nitrogen and oxygen atoms in total. The van der Waals surface area contributed by atoms with Crippen LogP contribution >= 0.6 is 22.9 Å². The van der Waals surface area contributed by atoms with E-state index in [1.165, 1.54) is 0 Å². The number of rotatable bonds is 2. The third kappa shape index (κ3) is 2.09. The number of fused-ring (bicyclic) bond motifs is 1. The van der Waals surface area contributed by atoms with Gasteiger partial charge in [-0.05, 0) is 23.7 Å². The quantitative estimate of drug-likeness (QED) is 0.706. The van der Waals surface area contributed by atoms with Gasteiger partial charge in [0, 0.05) is 16.4 Å². The maximum absolute atomic E-state index is 5.89. The third-order valence-electron chi connectivity index (χ3n) is 2.35. The molecule has 0 amide bonds. The Morgan fingerprint density at radius 3 is 2.71 bits per heavy atom. The Labute approximate surface area is 107 Å². The minimum atomic E-state index is 0.259. The van der Waals surface area contributed by atoms with Gasteiger partial charge in [0.25, 0.3) is 0 Å². The van der Waals surface area contributed by atoms with Gasteiger partial charge in [-0.15, -0.1) is 11.3 Å². The zero-order valence-corrected chi connectivity index (χ0v) is 10.3. The van der Waals surface area contributed by atoms with Gasteiger partial charge in [0.2, 0.25) is 5.28 Å². The molecule has 17 heavy (non-hydrogen) atoms. The van der Waals surface area contributed by atoms with Gasteiger partial charge in [0.05, 0.1) is 10.9 Å². The number of para-hydroxylation sites is 1. The monoisotopic (exact) mass is 261 g/mol. The molecule has 0 radical (unpaired) electrons. The lowest BCUT2D eigenvalue weighted by Crippen LogP contribution is -1.95. The maximum atomic E-state index is 5.89. The van der Waals surface area contributed by atoms with Crippen molar-refractivity contribution in [2.45, 2.75) is 0 Å². The molecule has 0 saturated carbocycles. The minimum Gasteiger partial charge on any atom is -0.340 e. The Hall–Kier alpha value is -1.65. The van der Waals surface area contributed by atoms with Crippen LogP contribution in [0, 0.1) is 0 Å². The van der Waals surface area contributed by atoms with Crippen molar-refractivity contribution in [2.24, 2.45) is 0 Å². The fourth-order valence-electron chi connectivity index (χ4n) is 1.58. The lowest BCUT2D eigenvalue weighted by atomic mass is 10.3. The second-order valence-electron chi connectivity index (χ2n) is 3.50. The average molecular weight is 262 g/mol. The summed E-state index contributed by atoms with van der Waals surface area (Å²) >= 11 is 7.47. The van der Waals surface area contributed by atoms with Crippen LogP contribution in [0.5, 0.6) is 0 Å². The van der Waals surface area contributed by atoms with Gasteiger partial charge in [0.1, 0.15) is 5.82 Å². The number of halogens is 1. The summed E-state index contributed by atoms with van der Waals surface area (Å²) in [7, 11) is 0. The molecule has 2 heterocycles. The Kier molecular flexibility index (Phi) is 2.66. The summed E-state index contributed by atoms with van der Waals surface area (Å²) in [6.07, 6.45) is 0. The first-order valence-corrected chi connectivity index (χ1v) is 6.36. The fourth-order valence-corrected chi connectivity index (χ4v) is 2.51. The van der Waals surface area contributed by atoms with Crippen LogP contribution in [0.15, 0.2) is 41.1 Å². The molecule has 0 aliphatic carbocycles. The van der Waals surface area contributed by atoms with Crippen molar-refractivity contribution in [3.8, 4) is 0 Å². The first-order valence-electron chi connectivity index (χ1n) is 5.04. The van der Waals surface area contributed by atoms with Gasteiger partial charge in [-0.2, -0.15) is 4.98 Å². The molecule has 0 unspecified atom stereocenters. The molecule has 0 bridgehead atoms. The maximum Gasteiger partial charge on any atom is 0.224 e. The number of nitrogens with zero attached hydrogens (tertiary/aromatic N) is 2. The average Bonchev–Trinajstić information content (AvgIpc) is 2.78. The van der Waals surface area contributed by atoms with Gasteiger partial charge in [-0.3, -0.25) is 0 Å². The summed E-state index contributed by atoms with van der Waals surface area (Å²) in [6, 6.07) is 9.87. The van der Waals surface area contributed by atoms with Crippen molar-refractivity contribution >= 4 is 45.3 Å². The number of thiophene rings is 1. The molecule has 0 aliphatic heterocycles. The lowest BCUT2D eigenvalue weighted by Gasteiger charge is -2.06. The summed E-state index contributed by atoms with van der Waals surface area (Å²) in [5.74, 6) is 0.743. The molecule has 0 spiro atoms. The van der Waals surface area contributed by atoms with Crippen LogP contribution in [-0.4, -0.2) is 9.97 Å².